The Kier molecular flexibility index (Phi) is 3.51. The molecular formula is C18H23N. The summed E-state index contributed by atoms with van der Waals surface area (Å²) in [6, 6.07) is 13.0. The van der Waals surface area contributed by atoms with E-state index in [4.69, 9.17) is 5.73 Å². The van der Waals surface area contributed by atoms with E-state index in [0.29, 0.717) is 0 Å². The zero-order valence-corrected chi connectivity index (χ0v) is 12.5. The maximum Gasteiger partial charge on any atom is 0.0642 e. The zero-order chi connectivity index (χ0) is 14.2. The number of nitrogens with two attached hydrogens (primary N) is 1. The molecular weight excluding hydrogens is 230 g/mol. The van der Waals surface area contributed by atoms with Crippen molar-refractivity contribution in [3.63, 3.8) is 0 Å². The summed E-state index contributed by atoms with van der Waals surface area (Å²) in [6.45, 7) is 10.6. The van der Waals surface area contributed by atoms with Crippen LogP contribution >= 0.6 is 0 Å². The summed E-state index contributed by atoms with van der Waals surface area (Å²) in [5, 5.41) is 0. The van der Waals surface area contributed by atoms with Gasteiger partial charge in [0.2, 0.25) is 0 Å². The Morgan fingerprint density at radius 1 is 0.737 bits per heavy atom. The van der Waals surface area contributed by atoms with Gasteiger partial charge >= 0.3 is 0 Å². The lowest BCUT2D eigenvalue weighted by Gasteiger charge is -2.30. The first-order valence-electron chi connectivity index (χ1n) is 6.76. The van der Waals surface area contributed by atoms with Gasteiger partial charge in [-0.3, -0.25) is 0 Å². The molecule has 0 aliphatic rings. The largest absolute Gasteiger partial charge is 0.318 e. The highest BCUT2D eigenvalue weighted by Gasteiger charge is 2.27. The lowest BCUT2D eigenvalue weighted by Crippen LogP contribution is -2.36. The van der Waals surface area contributed by atoms with Crippen molar-refractivity contribution in [3.05, 3.63) is 69.8 Å². The highest BCUT2D eigenvalue weighted by molar-refractivity contribution is 5.46. The van der Waals surface area contributed by atoms with Crippen LogP contribution in [0.15, 0.2) is 36.4 Å². The van der Waals surface area contributed by atoms with Gasteiger partial charge in [0.25, 0.3) is 0 Å². The van der Waals surface area contributed by atoms with Crippen molar-refractivity contribution < 1.29 is 0 Å². The lowest BCUT2D eigenvalue weighted by atomic mass is 9.80. The molecule has 0 aliphatic heterocycles. The third-order valence-electron chi connectivity index (χ3n) is 3.89. The highest BCUT2D eigenvalue weighted by Crippen LogP contribution is 2.32. The molecule has 2 rings (SSSR count). The fraction of sp³-hybridized carbons (Fsp3) is 0.333. The van der Waals surface area contributed by atoms with Gasteiger partial charge in [-0.15, -0.1) is 0 Å². The van der Waals surface area contributed by atoms with Gasteiger partial charge in [0.1, 0.15) is 0 Å². The summed E-state index contributed by atoms with van der Waals surface area (Å²) < 4.78 is 0. The van der Waals surface area contributed by atoms with Crippen LogP contribution in [0.3, 0.4) is 0 Å². The van der Waals surface area contributed by atoms with Gasteiger partial charge in [-0.1, -0.05) is 47.5 Å². The molecule has 1 heteroatoms. The Balaban J connectivity index is 2.61. The average Bonchev–Trinajstić information content (AvgIpc) is 2.31. The molecule has 0 aromatic heterocycles. The van der Waals surface area contributed by atoms with Gasteiger partial charge in [0.15, 0.2) is 0 Å². The molecule has 0 saturated carbocycles. The predicted molar refractivity (Wildman–Crippen MR) is 82.5 cm³/mol. The van der Waals surface area contributed by atoms with Crippen LogP contribution in [0, 0.1) is 27.7 Å². The van der Waals surface area contributed by atoms with Gasteiger partial charge in [-0.25, -0.2) is 0 Å². The smallest absolute Gasteiger partial charge is 0.0642 e. The third kappa shape index (κ3) is 2.57. The topological polar surface area (TPSA) is 26.0 Å². The maximum absolute atomic E-state index is 6.68. The van der Waals surface area contributed by atoms with Crippen LogP contribution in [0.1, 0.15) is 40.3 Å². The first-order chi connectivity index (χ1) is 8.82. The number of benzene rings is 2. The maximum atomic E-state index is 6.68. The van der Waals surface area contributed by atoms with Crippen molar-refractivity contribution in [1.82, 2.24) is 0 Å². The van der Waals surface area contributed by atoms with Crippen molar-refractivity contribution in [1.29, 1.82) is 0 Å². The summed E-state index contributed by atoms with van der Waals surface area (Å²) >= 11 is 0. The molecule has 1 unspecified atom stereocenters. The molecule has 2 aromatic carbocycles. The van der Waals surface area contributed by atoms with E-state index in [1.54, 1.807) is 0 Å². The summed E-state index contributed by atoms with van der Waals surface area (Å²) in [4.78, 5) is 0. The van der Waals surface area contributed by atoms with Crippen LogP contribution in [-0.2, 0) is 5.54 Å². The average molecular weight is 253 g/mol. The van der Waals surface area contributed by atoms with E-state index in [2.05, 4.69) is 71.0 Å². The summed E-state index contributed by atoms with van der Waals surface area (Å²) in [5.41, 5.74) is 13.7. The molecule has 0 bridgehead atoms. The van der Waals surface area contributed by atoms with Crippen LogP contribution in [0.5, 0.6) is 0 Å². The molecule has 0 heterocycles. The minimum absolute atomic E-state index is 0.451. The molecule has 0 amide bonds. The molecule has 0 saturated heterocycles. The van der Waals surface area contributed by atoms with Crippen molar-refractivity contribution in [2.45, 2.75) is 40.2 Å². The SMILES string of the molecule is Cc1ccc(C(C)(N)c2cc(C)ccc2C)c(C)c1. The molecule has 2 aromatic rings. The predicted octanol–water partition coefficient (Wildman–Crippen LogP) is 4.14. The van der Waals surface area contributed by atoms with Gasteiger partial charge < -0.3 is 5.73 Å². The Bertz CT molecular complexity index is 609. The van der Waals surface area contributed by atoms with Gasteiger partial charge in [0.05, 0.1) is 5.54 Å². The van der Waals surface area contributed by atoms with Crippen LogP contribution in [0.2, 0.25) is 0 Å². The fourth-order valence-electron chi connectivity index (χ4n) is 2.84. The molecule has 1 nitrogen and oxygen atoms in total. The summed E-state index contributed by atoms with van der Waals surface area (Å²) in [5.74, 6) is 0. The summed E-state index contributed by atoms with van der Waals surface area (Å²) in [7, 11) is 0. The van der Waals surface area contributed by atoms with E-state index in [0.717, 1.165) is 0 Å². The first kappa shape index (κ1) is 13.8. The van der Waals surface area contributed by atoms with Crippen LogP contribution in [-0.4, -0.2) is 0 Å². The van der Waals surface area contributed by atoms with E-state index in [1.165, 1.54) is 33.4 Å². The second-order valence-corrected chi connectivity index (χ2v) is 5.84. The van der Waals surface area contributed by atoms with Crippen LogP contribution in [0.4, 0.5) is 0 Å². The Hall–Kier alpha value is -1.60. The molecule has 19 heavy (non-hydrogen) atoms. The fourth-order valence-corrected chi connectivity index (χ4v) is 2.84. The van der Waals surface area contributed by atoms with E-state index in [1.807, 2.05) is 0 Å². The number of hydrogen-bond acceptors (Lipinski definition) is 1. The molecule has 0 radical (unpaired) electrons. The molecule has 1 atom stereocenters. The number of aryl methyl sites for hydroxylation is 4. The lowest BCUT2D eigenvalue weighted by molar-refractivity contribution is 0.594. The van der Waals surface area contributed by atoms with Crippen LogP contribution < -0.4 is 5.73 Å². The van der Waals surface area contributed by atoms with Crippen molar-refractivity contribution in [3.8, 4) is 0 Å². The molecule has 0 spiro atoms. The number of rotatable bonds is 2. The van der Waals surface area contributed by atoms with Gasteiger partial charge in [-0.2, -0.15) is 0 Å². The standard InChI is InChI=1S/C18H23N/c1-12-7-9-16(15(4)10-12)18(5,19)17-11-13(2)6-8-14(17)3/h6-11H,19H2,1-5H3. The van der Waals surface area contributed by atoms with E-state index < -0.39 is 5.54 Å². The molecule has 0 aliphatic carbocycles. The first-order valence-corrected chi connectivity index (χ1v) is 6.76. The van der Waals surface area contributed by atoms with Gasteiger partial charge in [0, 0.05) is 0 Å². The normalized spacial score (nSPS) is 14.2. The minimum atomic E-state index is -0.451. The Labute approximate surface area is 116 Å². The van der Waals surface area contributed by atoms with E-state index >= 15 is 0 Å². The minimum Gasteiger partial charge on any atom is -0.318 e. The Morgan fingerprint density at radius 2 is 1.32 bits per heavy atom. The quantitative estimate of drug-likeness (QED) is 0.855. The molecule has 2 N–H and O–H groups in total. The second kappa shape index (κ2) is 4.82. The van der Waals surface area contributed by atoms with Crippen LogP contribution in [0.25, 0.3) is 0 Å². The van der Waals surface area contributed by atoms with Crippen molar-refractivity contribution in [2.75, 3.05) is 0 Å². The number of hydrogen-bond donors (Lipinski definition) is 1. The van der Waals surface area contributed by atoms with E-state index in [-0.39, 0.29) is 0 Å². The summed E-state index contributed by atoms with van der Waals surface area (Å²) in [6.07, 6.45) is 0. The highest BCUT2D eigenvalue weighted by atomic mass is 14.7. The van der Waals surface area contributed by atoms with Crippen molar-refractivity contribution >= 4 is 0 Å². The monoisotopic (exact) mass is 253 g/mol. The molecule has 0 fully saturated rings. The van der Waals surface area contributed by atoms with Crippen molar-refractivity contribution in [2.24, 2.45) is 5.73 Å². The Morgan fingerprint density at radius 3 is 1.95 bits per heavy atom. The van der Waals surface area contributed by atoms with E-state index in [9.17, 15) is 0 Å². The third-order valence-corrected chi connectivity index (χ3v) is 3.89. The van der Waals surface area contributed by atoms with Gasteiger partial charge in [-0.05, 0) is 56.9 Å². The zero-order valence-electron chi connectivity index (χ0n) is 12.5. The second-order valence-electron chi connectivity index (χ2n) is 5.84. The molecule has 100 valence electrons.